The number of hydrogen-bond acceptors (Lipinski definition) is 11. The number of benzene rings is 1. The minimum Gasteiger partial charge on any atom is -0.494 e. The van der Waals surface area contributed by atoms with Gasteiger partial charge in [-0.15, -0.1) is 0 Å². The van der Waals surface area contributed by atoms with Crippen LogP contribution < -0.4 is 20.3 Å². The van der Waals surface area contributed by atoms with Gasteiger partial charge in [-0.25, -0.2) is 4.98 Å². The Bertz CT molecular complexity index is 1750. The fourth-order valence-electron chi connectivity index (χ4n) is 6.28. The highest BCUT2D eigenvalue weighted by Crippen LogP contribution is 2.33. The smallest absolute Gasteiger partial charge is 0.257 e. The van der Waals surface area contributed by atoms with Crippen molar-refractivity contribution in [1.82, 2.24) is 29.2 Å². The lowest BCUT2D eigenvalue weighted by Gasteiger charge is -2.34. The first-order chi connectivity index (χ1) is 23.9. The molecule has 1 fully saturated rings. The number of piperazine rings is 1. The Labute approximate surface area is 287 Å². The number of fused-ring (bicyclic) bond motifs is 3. The van der Waals surface area contributed by atoms with Gasteiger partial charge in [0.1, 0.15) is 11.6 Å². The number of anilines is 4. The summed E-state index contributed by atoms with van der Waals surface area (Å²) in [5.41, 5.74) is 6.80. The van der Waals surface area contributed by atoms with Crippen LogP contribution in [0.5, 0.6) is 5.75 Å². The van der Waals surface area contributed by atoms with Crippen LogP contribution in [0.3, 0.4) is 0 Å². The van der Waals surface area contributed by atoms with Gasteiger partial charge in [-0.2, -0.15) is 10.1 Å². The molecule has 2 N–H and O–H groups in total. The number of methoxy groups -OCH3 is 2. The molecule has 0 unspecified atom stereocenters. The molecule has 0 spiro atoms. The number of aromatic nitrogens is 5. The fourth-order valence-corrected chi connectivity index (χ4v) is 6.28. The molecule has 2 aliphatic heterocycles. The maximum absolute atomic E-state index is 13.6. The van der Waals surface area contributed by atoms with E-state index in [1.807, 2.05) is 47.6 Å². The number of likely N-dealkylation sites (N-methyl/N-ethyl adjacent to an activating group) is 1. The summed E-state index contributed by atoms with van der Waals surface area (Å²) in [4.78, 5) is 27.9. The summed E-state index contributed by atoms with van der Waals surface area (Å²) >= 11 is 0. The van der Waals surface area contributed by atoms with Gasteiger partial charge in [-0.1, -0.05) is 0 Å². The molecule has 262 valence electrons. The Hall–Kier alpha value is -4.50. The molecule has 49 heavy (non-hydrogen) atoms. The average Bonchev–Trinajstić information content (AvgIpc) is 3.67. The molecule has 14 heteroatoms. The zero-order chi connectivity index (χ0) is 34.3. The van der Waals surface area contributed by atoms with Gasteiger partial charge in [0.25, 0.3) is 5.91 Å². The highest BCUT2D eigenvalue weighted by molar-refractivity contribution is 6.06. The van der Waals surface area contributed by atoms with Crippen LogP contribution in [-0.2, 0) is 33.6 Å². The normalized spacial score (nSPS) is 14.4. The summed E-state index contributed by atoms with van der Waals surface area (Å²) in [6, 6.07) is 8.03. The van der Waals surface area contributed by atoms with Gasteiger partial charge in [-0.05, 0) is 51.9 Å². The van der Waals surface area contributed by atoms with Crippen LogP contribution in [0.15, 0.2) is 36.7 Å². The van der Waals surface area contributed by atoms with Crippen molar-refractivity contribution in [2.75, 3.05) is 96.0 Å². The molecule has 5 heterocycles. The predicted octanol–water partition coefficient (Wildman–Crippen LogP) is 3.62. The maximum atomic E-state index is 13.6. The van der Waals surface area contributed by atoms with Crippen molar-refractivity contribution in [1.29, 1.82) is 0 Å². The zero-order valence-electron chi connectivity index (χ0n) is 29.1. The molecule has 2 aliphatic rings. The third-order valence-electron chi connectivity index (χ3n) is 9.11. The van der Waals surface area contributed by atoms with Crippen molar-refractivity contribution < 1.29 is 23.7 Å². The van der Waals surface area contributed by atoms with Crippen molar-refractivity contribution >= 4 is 28.9 Å². The average molecular weight is 674 g/mol. The van der Waals surface area contributed by atoms with E-state index in [4.69, 9.17) is 23.9 Å². The van der Waals surface area contributed by atoms with Crippen LogP contribution >= 0.6 is 0 Å². The molecule has 0 saturated carbocycles. The number of carbonyl (C=O) groups excluding carboxylic acids is 1. The number of nitrogens with zero attached hydrogens (tertiary/aromatic N) is 7. The summed E-state index contributed by atoms with van der Waals surface area (Å²) in [5, 5.41) is 11.1. The summed E-state index contributed by atoms with van der Waals surface area (Å²) in [6.07, 6.45) is 5.20. The molecular formula is C35H47N9O5. The van der Waals surface area contributed by atoms with E-state index in [1.165, 1.54) is 0 Å². The van der Waals surface area contributed by atoms with Crippen molar-refractivity contribution in [3.05, 3.63) is 64.9 Å². The van der Waals surface area contributed by atoms with E-state index in [-0.39, 0.29) is 5.91 Å². The quantitative estimate of drug-likeness (QED) is 0.179. The molecule has 0 aliphatic carbocycles. The Morgan fingerprint density at radius 2 is 1.73 bits per heavy atom. The molecule has 6 rings (SSSR count). The van der Waals surface area contributed by atoms with Gasteiger partial charge in [0.2, 0.25) is 5.95 Å². The summed E-state index contributed by atoms with van der Waals surface area (Å²) in [6.45, 7) is 11.1. The third-order valence-corrected chi connectivity index (χ3v) is 9.11. The van der Waals surface area contributed by atoms with Crippen LogP contribution in [0.4, 0.5) is 23.0 Å². The van der Waals surface area contributed by atoms with E-state index in [0.717, 1.165) is 78.2 Å². The Morgan fingerprint density at radius 1 is 0.959 bits per heavy atom. The Kier molecular flexibility index (Phi) is 11.1. The fraction of sp³-hybridized carbons (Fsp3) is 0.486. The predicted molar refractivity (Wildman–Crippen MR) is 188 cm³/mol. The van der Waals surface area contributed by atoms with Gasteiger partial charge in [0.15, 0.2) is 0 Å². The first-order valence-electron chi connectivity index (χ1n) is 16.8. The van der Waals surface area contributed by atoms with Gasteiger partial charge in [-0.3, -0.25) is 9.48 Å². The second kappa shape index (κ2) is 15.8. The van der Waals surface area contributed by atoms with Gasteiger partial charge >= 0.3 is 0 Å². The molecule has 0 radical (unpaired) electrons. The minimum atomic E-state index is -0.176. The molecule has 0 atom stereocenters. The topological polar surface area (TPSA) is 133 Å². The molecule has 1 amide bonds. The molecule has 4 aromatic rings. The molecule has 3 aromatic heterocycles. The second-order valence-electron chi connectivity index (χ2n) is 12.3. The molecule has 1 aromatic carbocycles. The van der Waals surface area contributed by atoms with E-state index in [1.54, 1.807) is 14.2 Å². The molecule has 14 nitrogen and oxygen atoms in total. The van der Waals surface area contributed by atoms with Gasteiger partial charge < -0.3 is 43.9 Å². The van der Waals surface area contributed by atoms with E-state index in [0.29, 0.717) is 63.2 Å². The van der Waals surface area contributed by atoms with E-state index < -0.39 is 0 Å². The lowest BCUT2D eigenvalue weighted by atomic mass is 10.0. The SMILES string of the molecule is COCCOCCOCCn1nc(C)c(NC(=O)c2ccn3c2CCc2cnc(Nc4ccc(N5CCN(C)CC5)cc4OC)nc2-3)c1C. The summed E-state index contributed by atoms with van der Waals surface area (Å²) in [7, 11) is 5.47. The number of hydrogen-bond donors (Lipinski definition) is 2. The standard InChI is InChI=1S/C35H47N9O5/c1-24-32(25(2)44(40-24)16-17-48-20-21-49-19-18-46-4)38-34(45)28-10-11-43-30(28)9-6-26-23-36-35(39-33(26)43)37-29-8-7-27(22-31(29)47-5)42-14-12-41(3)13-15-42/h7-8,10-11,22-23H,6,9,12-21H2,1-5H3,(H,38,45)(H,36,37,39). The highest BCUT2D eigenvalue weighted by atomic mass is 16.5. The maximum Gasteiger partial charge on any atom is 0.257 e. The van der Waals surface area contributed by atoms with Crippen molar-refractivity contribution in [3.8, 4) is 11.6 Å². The van der Waals surface area contributed by atoms with Crippen LogP contribution in [0.25, 0.3) is 5.82 Å². The lowest BCUT2D eigenvalue weighted by molar-refractivity contribution is 0.0224. The van der Waals surface area contributed by atoms with Crippen molar-refractivity contribution in [2.24, 2.45) is 0 Å². The number of aryl methyl sites for hydroxylation is 2. The Morgan fingerprint density at radius 3 is 2.51 bits per heavy atom. The third kappa shape index (κ3) is 7.88. The van der Waals surface area contributed by atoms with Gasteiger partial charge in [0, 0.05) is 68.7 Å². The first-order valence-corrected chi connectivity index (χ1v) is 16.8. The monoisotopic (exact) mass is 673 g/mol. The van der Waals surface area contributed by atoms with Gasteiger partial charge in [0.05, 0.1) is 75.0 Å². The number of carbonyl (C=O) groups is 1. The minimum absolute atomic E-state index is 0.176. The van der Waals surface area contributed by atoms with Crippen LogP contribution in [-0.4, -0.2) is 116 Å². The molecular weight excluding hydrogens is 626 g/mol. The Balaban J connectivity index is 1.11. The molecule has 1 saturated heterocycles. The van der Waals surface area contributed by atoms with Crippen LogP contribution in [0.1, 0.15) is 33.0 Å². The summed E-state index contributed by atoms with van der Waals surface area (Å²) < 4.78 is 25.7. The molecule has 0 bridgehead atoms. The van der Waals surface area contributed by atoms with E-state index >= 15 is 0 Å². The number of amides is 1. The number of rotatable bonds is 15. The lowest BCUT2D eigenvalue weighted by Crippen LogP contribution is -2.44. The van der Waals surface area contributed by atoms with Crippen LogP contribution in [0, 0.1) is 13.8 Å². The van der Waals surface area contributed by atoms with Crippen molar-refractivity contribution in [3.63, 3.8) is 0 Å². The number of nitrogens with one attached hydrogen (secondary N) is 2. The van der Waals surface area contributed by atoms with Crippen molar-refractivity contribution in [2.45, 2.75) is 33.2 Å². The highest BCUT2D eigenvalue weighted by Gasteiger charge is 2.25. The first kappa shape index (κ1) is 34.4. The van der Waals surface area contributed by atoms with E-state index in [9.17, 15) is 4.79 Å². The summed E-state index contributed by atoms with van der Waals surface area (Å²) in [5.74, 6) is 1.77. The zero-order valence-corrected chi connectivity index (χ0v) is 29.1. The second-order valence-corrected chi connectivity index (χ2v) is 12.3. The van der Waals surface area contributed by atoms with Crippen LogP contribution in [0.2, 0.25) is 0 Å². The van der Waals surface area contributed by atoms with E-state index in [2.05, 4.69) is 49.7 Å². The number of ether oxygens (including phenoxy) is 4. The largest absolute Gasteiger partial charge is 0.494 e.